The number of carbonyl (C=O) groups excluding carboxylic acids is 1. The SMILES string of the molecule is Cc1cc(C#N)cnc1C(=O)Nc1ccc2c(c1)C1(COC(N)=N1)C1(CC1)CO2. The maximum absolute atomic E-state index is 12.7. The number of amides is 1. The van der Waals surface area contributed by atoms with Crippen LogP contribution in [0.3, 0.4) is 0 Å². The van der Waals surface area contributed by atoms with Crippen molar-refractivity contribution in [3.8, 4) is 11.8 Å². The van der Waals surface area contributed by atoms with Gasteiger partial charge in [-0.3, -0.25) is 4.79 Å². The van der Waals surface area contributed by atoms with Crippen LogP contribution in [0.4, 0.5) is 5.69 Å². The molecule has 8 heteroatoms. The molecule has 1 fully saturated rings. The van der Waals surface area contributed by atoms with Crippen LogP contribution < -0.4 is 15.8 Å². The number of aromatic nitrogens is 1. The number of aliphatic imine (C=N–C) groups is 1. The number of pyridine rings is 1. The maximum Gasteiger partial charge on any atom is 0.283 e. The highest BCUT2D eigenvalue weighted by Crippen LogP contribution is 2.65. The summed E-state index contributed by atoms with van der Waals surface area (Å²) >= 11 is 0. The number of amidine groups is 1. The molecule has 0 saturated heterocycles. The molecule has 1 aromatic heterocycles. The Balaban J connectivity index is 1.49. The summed E-state index contributed by atoms with van der Waals surface area (Å²) in [5.41, 5.74) is 8.01. The zero-order valence-corrected chi connectivity index (χ0v) is 15.9. The van der Waals surface area contributed by atoms with Gasteiger partial charge in [-0.2, -0.15) is 5.26 Å². The molecule has 1 aliphatic carbocycles. The molecule has 0 bridgehead atoms. The first-order chi connectivity index (χ1) is 14.0. The van der Waals surface area contributed by atoms with Crippen LogP contribution >= 0.6 is 0 Å². The summed E-state index contributed by atoms with van der Waals surface area (Å²) in [5, 5.41) is 11.9. The second-order valence-electron chi connectivity index (χ2n) is 7.83. The van der Waals surface area contributed by atoms with Crippen molar-refractivity contribution in [3.63, 3.8) is 0 Å². The fraction of sp³-hybridized carbons (Fsp3) is 0.333. The Bertz CT molecular complexity index is 1120. The van der Waals surface area contributed by atoms with Crippen LogP contribution in [-0.4, -0.2) is 30.1 Å². The summed E-state index contributed by atoms with van der Waals surface area (Å²) in [6.07, 6.45) is 3.39. The van der Waals surface area contributed by atoms with Gasteiger partial charge in [-0.05, 0) is 49.6 Å². The second kappa shape index (κ2) is 5.95. The number of rotatable bonds is 2. The van der Waals surface area contributed by atoms with Gasteiger partial charge in [-0.25, -0.2) is 9.98 Å². The lowest BCUT2D eigenvalue weighted by atomic mass is 9.74. The van der Waals surface area contributed by atoms with Crippen LogP contribution in [0.15, 0.2) is 35.5 Å². The summed E-state index contributed by atoms with van der Waals surface area (Å²) in [4.78, 5) is 21.6. The number of nitrogens with zero attached hydrogens (tertiary/aromatic N) is 3. The molecule has 146 valence electrons. The number of fused-ring (bicyclic) bond motifs is 3. The standard InChI is InChI=1S/C21H19N5O3/c1-12-6-13(8-22)9-24-17(12)18(27)25-14-2-3-16-15(7-14)21(11-29-19(23)26-21)20(4-5-20)10-28-16/h2-3,6-7,9H,4-5,10-11H2,1H3,(H2,23,26)(H,25,27). The van der Waals surface area contributed by atoms with Crippen molar-refractivity contribution in [1.82, 2.24) is 4.98 Å². The smallest absolute Gasteiger partial charge is 0.283 e. The van der Waals surface area contributed by atoms with Gasteiger partial charge in [0.2, 0.25) is 0 Å². The molecule has 3 heterocycles. The van der Waals surface area contributed by atoms with E-state index in [2.05, 4.69) is 15.3 Å². The number of anilines is 1. The third-order valence-electron chi connectivity index (χ3n) is 6.07. The van der Waals surface area contributed by atoms with E-state index in [1.54, 1.807) is 19.1 Å². The second-order valence-corrected chi connectivity index (χ2v) is 7.83. The Morgan fingerprint density at radius 2 is 2.10 bits per heavy atom. The molecule has 5 rings (SSSR count). The van der Waals surface area contributed by atoms with Gasteiger partial charge in [0.1, 0.15) is 29.7 Å². The monoisotopic (exact) mass is 389 g/mol. The van der Waals surface area contributed by atoms with Crippen LogP contribution in [0.25, 0.3) is 0 Å². The molecule has 2 aromatic rings. The van der Waals surface area contributed by atoms with E-state index in [9.17, 15) is 4.79 Å². The quantitative estimate of drug-likeness (QED) is 0.812. The molecule has 1 amide bonds. The Morgan fingerprint density at radius 3 is 2.76 bits per heavy atom. The fourth-order valence-electron chi connectivity index (χ4n) is 4.29. The van der Waals surface area contributed by atoms with Gasteiger partial charge < -0.3 is 20.5 Å². The van der Waals surface area contributed by atoms with E-state index in [0.29, 0.717) is 30.0 Å². The zero-order chi connectivity index (χ0) is 20.2. The third-order valence-corrected chi connectivity index (χ3v) is 6.07. The van der Waals surface area contributed by atoms with E-state index in [4.69, 9.17) is 20.5 Å². The summed E-state index contributed by atoms with van der Waals surface area (Å²) in [5.74, 6) is 0.389. The number of carbonyl (C=O) groups is 1. The van der Waals surface area contributed by atoms with Crippen molar-refractivity contribution >= 4 is 17.6 Å². The molecule has 8 nitrogen and oxygen atoms in total. The highest BCUT2D eigenvalue weighted by atomic mass is 16.5. The number of aryl methyl sites for hydroxylation is 1. The van der Waals surface area contributed by atoms with Crippen LogP contribution in [0.5, 0.6) is 5.75 Å². The third kappa shape index (κ3) is 2.54. The molecule has 3 N–H and O–H groups in total. The first-order valence-electron chi connectivity index (χ1n) is 9.40. The molecule has 1 atom stereocenters. The summed E-state index contributed by atoms with van der Waals surface area (Å²) in [7, 11) is 0. The molecule has 0 radical (unpaired) electrons. The topological polar surface area (TPSA) is 123 Å². The minimum Gasteiger partial charge on any atom is -0.493 e. The highest BCUT2D eigenvalue weighted by Gasteiger charge is 2.66. The lowest BCUT2D eigenvalue weighted by Crippen LogP contribution is -2.44. The van der Waals surface area contributed by atoms with Crippen molar-refractivity contribution in [2.24, 2.45) is 16.1 Å². The van der Waals surface area contributed by atoms with Crippen molar-refractivity contribution in [2.45, 2.75) is 25.3 Å². The Kier molecular flexibility index (Phi) is 3.59. The number of hydrogen-bond donors (Lipinski definition) is 2. The maximum atomic E-state index is 12.7. The highest BCUT2D eigenvalue weighted by molar-refractivity contribution is 6.04. The predicted octanol–water partition coefficient (Wildman–Crippen LogP) is 2.23. The van der Waals surface area contributed by atoms with Crippen LogP contribution in [-0.2, 0) is 10.3 Å². The van der Waals surface area contributed by atoms with Crippen molar-refractivity contribution in [2.75, 3.05) is 18.5 Å². The minimum atomic E-state index is -0.575. The van der Waals surface area contributed by atoms with E-state index in [-0.39, 0.29) is 23.0 Å². The van der Waals surface area contributed by atoms with E-state index in [1.807, 2.05) is 18.2 Å². The number of nitriles is 1. The largest absolute Gasteiger partial charge is 0.493 e. The lowest BCUT2D eigenvalue weighted by Gasteiger charge is -2.39. The molecular formula is C21H19N5O3. The minimum absolute atomic E-state index is 0.102. The number of nitrogens with one attached hydrogen (secondary N) is 1. The number of ether oxygens (including phenoxy) is 2. The number of benzene rings is 1. The van der Waals surface area contributed by atoms with Crippen molar-refractivity contribution in [3.05, 3.63) is 52.8 Å². The summed E-state index contributed by atoms with van der Waals surface area (Å²) in [6.45, 7) is 2.71. The van der Waals surface area contributed by atoms with Gasteiger partial charge >= 0.3 is 0 Å². The Labute approximate surface area is 167 Å². The molecule has 1 aromatic carbocycles. The summed E-state index contributed by atoms with van der Waals surface area (Å²) < 4.78 is 11.5. The normalized spacial score (nSPS) is 22.8. The molecule has 2 aliphatic heterocycles. The Hall–Kier alpha value is -3.60. The van der Waals surface area contributed by atoms with Crippen LogP contribution in [0.2, 0.25) is 0 Å². The van der Waals surface area contributed by atoms with Gasteiger partial charge in [0.25, 0.3) is 11.9 Å². The Morgan fingerprint density at radius 1 is 1.28 bits per heavy atom. The molecule has 1 unspecified atom stereocenters. The summed E-state index contributed by atoms with van der Waals surface area (Å²) in [6, 6.07) is 9.36. The molecule has 29 heavy (non-hydrogen) atoms. The van der Waals surface area contributed by atoms with Crippen LogP contribution in [0.1, 0.15) is 40.0 Å². The lowest BCUT2D eigenvalue weighted by molar-refractivity contribution is 0.0871. The van der Waals surface area contributed by atoms with E-state index in [1.165, 1.54) is 6.20 Å². The molecule has 1 saturated carbocycles. The molecular weight excluding hydrogens is 370 g/mol. The van der Waals surface area contributed by atoms with Gasteiger partial charge in [-0.1, -0.05) is 0 Å². The van der Waals surface area contributed by atoms with E-state index < -0.39 is 5.54 Å². The first kappa shape index (κ1) is 17.5. The van der Waals surface area contributed by atoms with Crippen molar-refractivity contribution in [1.29, 1.82) is 5.26 Å². The molecule has 2 spiro atoms. The van der Waals surface area contributed by atoms with Gasteiger partial charge in [-0.15, -0.1) is 0 Å². The van der Waals surface area contributed by atoms with Gasteiger partial charge in [0, 0.05) is 22.9 Å². The van der Waals surface area contributed by atoms with E-state index >= 15 is 0 Å². The first-order valence-corrected chi connectivity index (χ1v) is 9.40. The average molecular weight is 389 g/mol. The van der Waals surface area contributed by atoms with E-state index in [0.717, 1.165) is 24.2 Å². The zero-order valence-electron chi connectivity index (χ0n) is 15.9. The number of hydrogen-bond acceptors (Lipinski definition) is 7. The predicted molar refractivity (Wildman–Crippen MR) is 104 cm³/mol. The van der Waals surface area contributed by atoms with Gasteiger partial charge in [0.15, 0.2) is 0 Å². The average Bonchev–Trinajstić information content (AvgIpc) is 3.40. The fourth-order valence-corrected chi connectivity index (χ4v) is 4.29. The van der Waals surface area contributed by atoms with Crippen molar-refractivity contribution < 1.29 is 14.3 Å². The van der Waals surface area contributed by atoms with Gasteiger partial charge in [0.05, 0.1) is 12.2 Å². The number of nitrogens with two attached hydrogens (primary N) is 1. The van der Waals surface area contributed by atoms with Crippen LogP contribution in [0, 0.1) is 23.7 Å². The molecule has 3 aliphatic rings.